The third kappa shape index (κ3) is 4.06. The first kappa shape index (κ1) is 23.4. The summed E-state index contributed by atoms with van der Waals surface area (Å²) in [6, 6.07) is 4.63. The maximum absolute atomic E-state index is 13.8. The van der Waals surface area contributed by atoms with Gasteiger partial charge in [-0.25, -0.2) is 9.50 Å². The molecule has 1 aromatic carbocycles. The van der Waals surface area contributed by atoms with Crippen molar-refractivity contribution in [3.05, 3.63) is 47.9 Å². The topological polar surface area (TPSA) is 112 Å². The highest BCUT2D eigenvalue weighted by Gasteiger charge is 2.60. The van der Waals surface area contributed by atoms with E-state index in [4.69, 9.17) is 4.74 Å². The van der Waals surface area contributed by atoms with Crippen LogP contribution in [-0.2, 0) is 6.42 Å². The fourth-order valence-corrected chi connectivity index (χ4v) is 4.63. The molecule has 0 aliphatic carbocycles. The van der Waals surface area contributed by atoms with Crippen LogP contribution in [0.1, 0.15) is 28.8 Å². The third-order valence-electron chi connectivity index (χ3n) is 6.72. The number of aliphatic hydroxyl groups is 2. The monoisotopic (exact) mass is 491 g/mol. The molecule has 3 aromatic rings. The van der Waals surface area contributed by atoms with Crippen molar-refractivity contribution in [3.8, 4) is 5.75 Å². The number of carbonyl (C=O) groups is 1. The molecule has 0 spiro atoms. The number of carbonyl (C=O) groups excluding carboxylic acids is 1. The molecule has 1 saturated heterocycles. The number of aliphatic hydroxyl groups excluding tert-OH is 2. The number of piperidine rings is 1. The van der Waals surface area contributed by atoms with E-state index in [-0.39, 0.29) is 29.4 Å². The summed E-state index contributed by atoms with van der Waals surface area (Å²) >= 11 is 0. The predicted octanol–water partition coefficient (Wildman–Crippen LogP) is 2.42. The van der Waals surface area contributed by atoms with Crippen molar-refractivity contribution >= 4 is 22.9 Å². The van der Waals surface area contributed by atoms with Gasteiger partial charge in [-0.05, 0) is 30.9 Å². The highest BCUT2D eigenvalue weighted by atomic mass is 19.4. The van der Waals surface area contributed by atoms with E-state index in [1.54, 1.807) is 12.3 Å². The lowest BCUT2D eigenvalue weighted by atomic mass is 9.95. The van der Waals surface area contributed by atoms with Gasteiger partial charge in [-0.1, -0.05) is 0 Å². The number of amides is 1. The number of aromatic nitrogens is 3. The zero-order valence-corrected chi connectivity index (χ0v) is 18.6. The van der Waals surface area contributed by atoms with Crippen molar-refractivity contribution in [1.82, 2.24) is 14.6 Å². The summed E-state index contributed by atoms with van der Waals surface area (Å²) in [4.78, 5) is 19.3. The summed E-state index contributed by atoms with van der Waals surface area (Å²) < 4.78 is 48.0. The first-order valence-corrected chi connectivity index (χ1v) is 11.2. The van der Waals surface area contributed by atoms with Gasteiger partial charge in [0.15, 0.2) is 5.65 Å². The first-order chi connectivity index (χ1) is 16.7. The van der Waals surface area contributed by atoms with Gasteiger partial charge in [-0.3, -0.25) is 4.79 Å². The molecule has 1 fully saturated rings. The molecule has 2 aromatic heterocycles. The minimum absolute atomic E-state index is 0.0197. The Bertz CT molecular complexity index is 1260. The Morgan fingerprint density at radius 3 is 2.71 bits per heavy atom. The summed E-state index contributed by atoms with van der Waals surface area (Å²) in [5.74, 6) is -0.341. The lowest BCUT2D eigenvalue weighted by Gasteiger charge is -2.34. The molecule has 0 bridgehead atoms. The van der Waals surface area contributed by atoms with Crippen molar-refractivity contribution in [2.75, 3.05) is 36.5 Å². The number of anilines is 2. The van der Waals surface area contributed by atoms with Gasteiger partial charge in [0.25, 0.3) is 5.91 Å². The molecule has 1 atom stereocenters. The number of rotatable bonds is 5. The quantitative estimate of drug-likeness (QED) is 0.503. The lowest BCUT2D eigenvalue weighted by molar-refractivity contribution is -0.252. The van der Waals surface area contributed by atoms with E-state index in [1.807, 2.05) is 4.90 Å². The molecule has 1 amide bonds. The van der Waals surface area contributed by atoms with Gasteiger partial charge < -0.3 is 25.2 Å². The minimum atomic E-state index is -4.79. The fraction of sp³-hybridized carbons (Fsp3) is 0.435. The second kappa shape index (κ2) is 8.68. The summed E-state index contributed by atoms with van der Waals surface area (Å²) in [6.45, 7) is -0.0552. The second-order valence-electron chi connectivity index (χ2n) is 8.92. The van der Waals surface area contributed by atoms with Gasteiger partial charge in [-0.15, -0.1) is 0 Å². The first-order valence-electron chi connectivity index (χ1n) is 11.2. The number of alkyl halides is 3. The van der Waals surface area contributed by atoms with E-state index in [1.165, 1.54) is 29.0 Å². The van der Waals surface area contributed by atoms with Gasteiger partial charge in [0.2, 0.25) is 5.60 Å². The van der Waals surface area contributed by atoms with E-state index < -0.39 is 30.7 Å². The number of halogens is 3. The maximum atomic E-state index is 13.8. The second-order valence-corrected chi connectivity index (χ2v) is 8.92. The van der Waals surface area contributed by atoms with E-state index in [0.29, 0.717) is 43.0 Å². The van der Waals surface area contributed by atoms with Crippen LogP contribution in [-0.4, -0.2) is 68.8 Å². The van der Waals surface area contributed by atoms with Crippen LogP contribution >= 0.6 is 0 Å². The Hall–Kier alpha value is -3.38. The molecule has 2 aliphatic rings. The van der Waals surface area contributed by atoms with Crippen LogP contribution in [0.4, 0.5) is 24.5 Å². The molecule has 0 saturated carbocycles. The molecule has 4 heterocycles. The molecule has 5 rings (SSSR count). The van der Waals surface area contributed by atoms with Crippen molar-refractivity contribution < 1.29 is 32.9 Å². The number of benzene rings is 1. The zero-order valence-electron chi connectivity index (χ0n) is 18.6. The van der Waals surface area contributed by atoms with Crippen LogP contribution in [0, 0.1) is 5.92 Å². The molecule has 12 heteroatoms. The molecule has 186 valence electrons. The lowest BCUT2D eigenvalue weighted by Crippen LogP contribution is -2.52. The van der Waals surface area contributed by atoms with Gasteiger partial charge in [-0.2, -0.15) is 18.3 Å². The van der Waals surface area contributed by atoms with Crippen LogP contribution < -0.4 is 15.0 Å². The number of hydrogen-bond donors (Lipinski definition) is 3. The number of nitrogens with one attached hydrogen (secondary N) is 1. The Kier molecular flexibility index (Phi) is 5.80. The Morgan fingerprint density at radius 1 is 1.26 bits per heavy atom. The summed E-state index contributed by atoms with van der Waals surface area (Å²) in [7, 11) is 0. The SMILES string of the molecule is O=C(Nc1cc2c(cc1N1CCC(CO)CC1)O[C@@](CO)(C(F)(F)F)C2)c1cnn2cccnc12. The van der Waals surface area contributed by atoms with Gasteiger partial charge in [0.05, 0.1) is 24.2 Å². The van der Waals surface area contributed by atoms with Crippen LogP contribution in [0.25, 0.3) is 5.65 Å². The highest BCUT2D eigenvalue weighted by molar-refractivity contribution is 6.09. The molecule has 9 nitrogen and oxygen atoms in total. The van der Waals surface area contributed by atoms with Gasteiger partial charge in [0.1, 0.15) is 11.3 Å². The van der Waals surface area contributed by atoms with Crippen molar-refractivity contribution in [2.24, 2.45) is 5.92 Å². The molecular weight excluding hydrogens is 467 g/mol. The number of fused-ring (bicyclic) bond motifs is 2. The van der Waals surface area contributed by atoms with Crippen LogP contribution in [0.5, 0.6) is 5.75 Å². The predicted molar refractivity (Wildman–Crippen MR) is 120 cm³/mol. The van der Waals surface area contributed by atoms with Crippen LogP contribution in [0.2, 0.25) is 0 Å². The zero-order chi connectivity index (χ0) is 24.8. The van der Waals surface area contributed by atoms with Crippen molar-refractivity contribution in [1.29, 1.82) is 0 Å². The molecular formula is C23H24F3N5O4. The van der Waals surface area contributed by atoms with Crippen molar-refractivity contribution in [3.63, 3.8) is 0 Å². The average Bonchev–Trinajstić information content (AvgIpc) is 3.45. The summed E-state index contributed by atoms with van der Waals surface area (Å²) in [5, 5.41) is 26.0. The Balaban J connectivity index is 1.51. The minimum Gasteiger partial charge on any atom is -0.475 e. The maximum Gasteiger partial charge on any atom is 0.430 e. The highest BCUT2D eigenvalue weighted by Crippen LogP contribution is 2.48. The third-order valence-corrected chi connectivity index (χ3v) is 6.72. The standard InChI is InChI=1S/C23H24F3N5O4/c24-23(25,26)22(13-33)10-15-8-17(29-21(34)16-11-28-31-5-1-4-27-20(16)31)18(9-19(15)35-22)30-6-2-14(12-32)3-7-30/h1,4-5,8-9,11,14,32-33H,2-3,6-7,10,12-13H2,(H,29,34)/t22-/m0/s1. The average molecular weight is 491 g/mol. The Labute approximate surface area is 198 Å². The van der Waals surface area contributed by atoms with E-state index in [2.05, 4.69) is 15.4 Å². The molecule has 3 N–H and O–H groups in total. The smallest absolute Gasteiger partial charge is 0.430 e. The van der Waals surface area contributed by atoms with E-state index >= 15 is 0 Å². The van der Waals surface area contributed by atoms with Gasteiger partial charge in [0, 0.05) is 50.1 Å². The fourth-order valence-electron chi connectivity index (χ4n) is 4.63. The normalized spacial score (nSPS) is 20.7. The summed E-state index contributed by atoms with van der Waals surface area (Å²) in [5.41, 5.74) is -1.10. The Morgan fingerprint density at radius 2 is 2.03 bits per heavy atom. The largest absolute Gasteiger partial charge is 0.475 e. The molecule has 35 heavy (non-hydrogen) atoms. The number of ether oxygens (including phenoxy) is 1. The van der Waals surface area contributed by atoms with Crippen LogP contribution in [0.3, 0.4) is 0 Å². The molecule has 2 aliphatic heterocycles. The molecule has 0 radical (unpaired) electrons. The number of hydrogen-bond acceptors (Lipinski definition) is 7. The summed E-state index contributed by atoms with van der Waals surface area (Å²) in [6.07, 6.45) is 0.590. The van der Waals surface area contributed by atoms with E-state index in [9.17, 15) is 28.2 Å². The van der Waals surface area contributed by atoms with Crippen molar-refractivity contribution in [2.45, 2.75) is 31.0 Å². The van der Waals surface area contributed by atoms with Crippen LogP contribution in [0.15, 0.2) is 36.8 Å². The molecule has 0 unspecified atom stereocenters. The van der Waals surface area contributed by atoms with Gasteiger partial charge >= 0.3 is 6.18 Å². The number of nitrogens with zero attached hydrogens (tertiary/aromatic N) is 4. The van der Waals surface area contributed by atoms with E-state index in [0.717, 1.165) is 0 Å².